The van der Waals surface area contributed by atoms with Crippen LogP contribution in [0.15, 0.2) is 40.5 Å². The molecule has 0 aliphatic carbocycles. The van der Waals surface area contributed by atoms with Crippen LogP contribution in [-0.2, 0) is 16.3 Å². The van der Waals surface area contributed by atoms with Gasteiger partial charge in [0.05, 0.1) is 24.1 Å². The highest BCUT2D eigenvalue weighted by atomic mass is 32.2. The number of sulfone groups is 1. The number of fused-ring (bicyclic) bond motifs is 1. The Hall–Kier alpha value is -3.07. The molecule has 1 aromatic heterocycles. The van der Waals surface area contributed by atoms with Crippen molar-refractivity contribution in [3.05, 3.63) is 57.2 Å². The van der Waals surface area contributed by atoms with Gasteiger partial charge < -0.3 is 20.1 Å². The molecule has 27 heavy (non-hydrogen) atoms. The Morgan fingerprint density at radius 2 is 2.11 bits per heavy atom. The predicted molar refractivity (Wildman–Crippen MR) is 97.5 cm³/mol. The molecular weight excluding hydrogens is 372 g/mol. The van der Waals surface area contributed by atoms with Crippen LogP contribution in [0.3, 0.4) is 0 Å². The van der Waals surface area contributed by atoms with E-state index in [1.807, 2.05) is 6.07 Å². The van der Waals surface area contributed by atoms with Gasteiger partial charge in [-0.2, -0.15) is 0 Å². The lowest BCUT2D eigenvalue weighted by Gasteiger charge is -2.11. The highest BCUT2D eigenvalue weighted by Gasteiger charge is 2.25. The van der Waals surface area contributed by atoms with Crippen molar-refractivity contribution in [2.75, 3.05) is 12.4 Å². The highest BCUT2D eigenvalue weighted by molar-refractivity contribution is 7.94. The van der Waals surface area contributed by atoms with Crippen LogP contribution in [0.25, 0.3) is 11.3 Å². The maximum atomic E-state index is 12.3. The molecule has 1 aromatic carbocycles. The molecule has 3 heterocycles. The molecule has 0 saturated heterocycles. The largest absolute Gasteiger partial charge is 0.506 e. The second-order valence-corrected chi connectivity index (χ2v) is 8.36. The number of pyridine rings is 1. The van der Waals surface area contributed by atoms with Crippen molar-refractivity contribution < 1.29 is 23.1 Å². The fourth-order valence-corrected chi connectivity index (χ4v) is 4.38. The predicted octanol–water partition coefficient (Wildman–Crippen LogP) is 0.723. The third kappa shape index (κ3) is 3.33. The zero-order valence-electron chi connectivity index (χ0n) is 14.1. The van der Waals surface area contributed by atoms with Crippen LogP contribution in [0.1, 0.15) is 15.9 Å². The number of nitrogens with one attached hydrogen (secondary N) is 2. The lowest BCUT2D eigenvalue weighted by atomic mass is 10.1. The standard InChI is InChI=1S/C18H16N2O6S/c21-14-8-13(17(22)19-12-4-6-27(24,25)9-12)18(23)20-16(14)11-2-1-10-3-5-26-15(10)7-11/h1-2,4,6-8,12,21H,3,5,9H2,(H,19,22)(H,20,23). The Morgan fingerprint density at radius 1 is 1.30 bits per heavy atom. The van der Waals surface area contributed by atoms with Gasteiger partial charge in [0.25, 0.3) is 11.5 Å². The molecule has 1 amide bonds. The van der Waals surface area contributed by atoms with Crippen LogP contribution in [0.2, 0.25) is 0 Å². The summed E-state index contributed by atoms with van der Waals surface area (Å²) in [6, 6.07) is 5.71. The number of rotatable bonds is 3. The third-order valence-electron chi connectivity index (χ3n) is 4.50. The number of H-pyrrole nitrogens is 1. The number of hydrogen-bond acceptors (Lipinski definition) is 6. The SMILES string of the molecule is O=C(NC1C=CS(=O)(=O)C1)c1cc(O)c(-c2ccc3c(c2)OCC3)[nH]c1=O. The lowest BCUT2D eigenvalue weighted by Crippen LogP contribution is -2.38. The first-order chi connectivity index (χ1) is 12.8. The van der Waals surface area contributed by atoms with E-state index in [9.17, 15) is 23.1 Å². The number of aromatic hydroxyl groups is 1. The average molecular weight is 388 g/mol. The van der Waals surface area contributed by atoms with Crippen molar-refractivity contribution >= 4 is 15.7 Å². The van der Waals surface area contributed by atoms with Gasteiger partial charge >= 0.3 is 0 Å². The highest BCUT2D eigenvalue weighted by Crippen LogP contribution is 2.33. The molecule has 0 spiro atoms. The Labute approximate surface area is 154 Å². The van der Waals surface area contributed by atoms with E-state index < -0.39 is 27.3 Å². The average Bonchev–Trinajstić information content (AvgIpc) is 3.21. The molecule has 1 atom stereocenters. The van der Waals surface area contributed by atoms with Crippen molar-refractivity contribution in [3.8, 4) is 22.8 Å². The molecule has 9 heteroatoms. The second kappa shape index (κ2) is 6.27. The van der Waals surface area contributed by atoms with Crippen LogP contribution in [0.5, 0.6) is 11.5 Å². The molecule has 8 nitrogen and oxygen atoms in total. The fourth-order valence-electron chi connectivity index (χ4n) is 3.14. The van der Waals surface area contributed by atoms with E-state index >= 15 is 0 Å². The van der Waals surface area contributed by atoms with Crippen molar-refractivity contribution in [1.82, 2.24) is 10.3 Å². The minimum absolute atomic E-state index is 0.179. The monoisotopic (exact) mass is 388 g/mol. The topological polar surface area (TPSA) is 126 Å². The van der Waals surface area contributed by atoms with E-state index in [1.54, 1.807) is 12.1 Å². The van der Waals surface area contributed by atoms with Crippen LogP contribution in [-0.4, -0.2) is 42.8 Å². The number of benzene rings is 1. The molecule has 0 fully saturated rings. The molecule has 0 bridgehead atoms. The third-order valence-corrected chi connectivity index (χ3v) is 5.89. The van der Waals surface area contributed by atoms with Crippen LogP contribution in [0, 0.1) is 0 Å². The van der Waals surface area contributed by atoms with E-state index in [2.05, 4.69) is 10.3 Å². The number of hydrogen-bond donors (Lipinski definition) is 3. The van der Waals surface area contributed by atoms with E-state index in [0.29, 0.717) is 17.9 Å². The Morgan fingerprint density at radius 3 is 2.85 bits per heavy atom. The molecule has 0 radical (unpaired) electrons. The molecule has 2 aliphatic rings. The summed E-state index contributed by atoms with van der Waals surface area (Å²) in [5.74, 6) is -0.589. The summed E-state index contributed by atoms with van der Waals surface area (Å²) in [7, 11) is -3.33. The summed E-state index contributed by atoms with van der Waals surface area (Å²) in [5.41, 5.74) is 0.800. The Bertz CT molecular complexity index is 1130. The first-order valence-corrected chi connectivity index (χ1v) is 9.98. The van der Waals surface area contributed by atoms with E-state index in [0.717, 1.165) is 23.5 Å². The van der Waals surface area contributed by atoms with Crippen LogP contribution < -0.4 is 15.6 Å². The van der Waals surface area contributed by atoms with Gasteiger partial charge in [-0.3, -0.25) is 9.59 Å². The van der Waals surface area contributed by atoms with E-state index in [1.165, 1.54) is 6.08 Å². The summed E-state index contributed by atoms with van der Waals surface area (Å²) in [5, 5.41) is 13.8. The van der Waals surface area contributed by atoms with Crippen LogP contribution >= 0.6 is 0 Å². The zero-order chi connectivity index (χ0) is 19.2. The van der Waals surface area contributed by atoms with Gasteiger partial charge in [0.1, 0.15) is 17.1 Å². The first-order valence-electron chi connectivity index (χ1n) is 8.26. The molecule has 1 unspecified atom stereocenters. The minimum Gasteiger partial charge on any atom is -0.506 e. The maximum absolute atomic E-state index is 12.3. The number of carbonyl (C=O) groups excluding carboxylic acids is 1. The summed E-state index contributed by atoms with van der Waals surface area (Å²) < 4.78 is 28.3. The Kier molecular flexibility index (Phi) is 4.03. The Balaban J connectivity index is 1.61. The van der Waals surface area contributed by atoms with Gasteiger partial charge in [0, 0.05) is 23.5 Å². The molecule has 4 rings (SSSR count). The molecule has 2 aromatic rings. The fraction of sp³-hybridized carbons (Fsp3) is 0.222. The van der Waals surface area contributed by atoms with Gasteiger partial charge in [0.2, 0.25) is 0 Å². The first kappa shape index (κ1) is 17.3. The minimum atomic E-state index is -3.33. The summed E-state index contributed by atoms with van der Waals surface area (Å²) in [6.07, 6.45) is 2.16. The van der Waals surface area contributed by atoms with Crippen molar-refractivity contribution in [2.45, 2.75) is 12.5 Å². The summed E-state index contributed by atoms with van der Waals surface area (Å²) in [4.78, 5) is 27.2. The lowest BCUT2D eigenvalue weighted by molar-refractivity contribution is 0.0945. The van der Waals surface area contributed by atoms with Gasteiger partial charge in [0.15, 0.2) is 9.84 Å². The maximum Gasteiger partial charge on any atom is 0.261 e. The second-order valence-electron chi connectivity index (χ2n) is 6.43. The zero-order valence-corrected chi connectivity index (χ0v) is 14.9. The molecule has 2 aliphatic heterocycles. The van der Waals surface area contributed by atoms with Crippen molar-refractivity contribution in [2.24, 2.45) is 0 Å². The van der Waals surface area contributed by atoms with Gasteiger partial charge in [-0.05, 0) is 17.7 Å². The normalized spacial score (nSPS) is 19.5. The van der Waals surface area contributed by atoms with Gasteiger partial charge in [-0.15, -0.1) is 0 Å². The number of ether oxygens (including phenoxy) is 1. The van der Waals surface area contributed by atoms with Crippen LogP contribution in [0.4, 0.5) is 0 Å². The summed E-state index contributed by atoms with van der Waals surface area (Å²) in [6.45, 7) is 0.589. The number of aromatic amines is 1. The van der Waals surface area contributed by atoms with Crippen molar-refractivity contribution in [3.63, 3.8) is 0 Å². The summed E-state index contributed by atoms with van der Waals surface area (Å²) >= 11 is 0. The van der Waals surface area contributed by atoms with Gasteiger partial charge in [-0.25, -0.2) is 8.42 Å². The number of carbonyl (C=O) groups is 1. The molecule has 0 saturated carbocycles. The molecular formula is C18H16N2O6S. The van der Waals surface area contributed by atoms with E-state index in [-0.39, 0.29) is 22.8 Å². The smallest absolute Gasteiger partial charge is 0.261 e. The molecule has 3 N–H and O–H groups in total. The van der Waals surface area contributed by atoms with Gasteiger partial charge in [-0.1, -0.05) is 12.1 Å². The molecule has 140 valence electrons. The van der Waals surface area contributed by atoms with Crippen molar-refractivity contribution in [1.29, 1.82) is 0 Å². The van der Waals surface area contributed by atoms with E-state index in [4.69, 9.17) is 4.74 Å². The quantitative estimate of drug-likeness (QED) is 0.712. The number of amides is 1. The number of aromatic nitrogens is 1.